The summed E-state index contributed by atoms with van der Waals surface area (Å²) in [7, 11) is 0. The molecule has 0 aliphatic carbocycles. The van der Waals surface area contributed by atoms with Crippen molar-refractivity contribution >= 4 is 29.7 Å². The number of hydrogen-bond donors (Lipinski definition) is 1. The fourth-order valence-electron chi connectivity index (χ4n) is 3.27. The molecule has 0 spiro atoms. The average molecular weight is 431 g/mol. The van der Waals surface area contributed by atoms with Gasteiger partial charge in [-0.1, -0.05) is 65.4 Å². The van der Waals surface area contributed by atoms with E-state index in [2.05, 4.69) is 32.9 Å². The first-order chi connectivity index (χ1) is 10.7. The van der Waals surface area contributed by atoms with Crippen LogP contribution >= 0.6 is 24.0 Å². The largest absolute Gasteiger partial charge is 0.398 e. The first-order valence-corrected chi connectivity index (χ1v) is 9.63. The molecule has 0 aliphatic heterocycles. The molecule has 2 N–H and O–H groups in total. The second-order valence-electron chi connectivity index (χ2n) is 6.64. The van der Waals surface area contributed by atoms with Gasteiger partial charge in [-0.05, 0) is 61.3 Å². The Bertz CT molecular complexity index is 415. The van der Waals surface area contributed by atoms with Crippen molar-refractivity contribution in [3.63, 3.8) is 0 Å². The molecule has 0 atom stereocenters. The van der Waals surface area contributed by atoms with Crippen LogP contribution in [0, 0.1) is 0 Å². The Morgan fingerprint density at radius 1 is 0.652 bits per heavy atom. The van der Waals surface area contributed by atoms with Crippen LogP contribution in [0.25, 0.3) is 0 Å². The third-order valence-electron chi connectivity index (χ3n) is 4.67. The van der Waals surface area contributed by atoms with Gasteiger partial charge in [0.2, 0.25) is 0 Å². The zero-order chi connectivity index (χ0) is 16.2. The summed E-state index contributed by atoms with van der Waals surface area (Å²) in [6.07, 6.45) is 15.4. The number of halogens is 1. The van der Waals surface area contributed by atoms with E-state index >= 15 is 0 Å². The SMILES string of the molecule is CCCCCc1ccc(N)c(CCCCC)c1CCCCC.I. The second-order valence-corrected chi connectivity index (χ2v) is 6.64. The topological polar surface area (TPSA) is 26.0 Å². The molecule has 0 radical (unpaired) electrons. The van der Waals surface area contributed by atoms with Crippen LogP contribution in [0.4, 0.5) is 5.69 Å². The smallest absolute Gasteiger partial charge is 0.0349 e. The number of anilines is 1. The molecule has 1 nitrogen and oxygen atoms in total. The maximum atomic E-state index is 6.33. The molecule has 0 aliphatic rings. The van der Waals surface area contributed by atoms with Gasteiger partial charge in [-0.3, -0.25) is 0 Å². The number of aryl methyl sites for hydroxylation is 1. The Labute approximate surface area is 161 Å². The molecule has 23 heavy (non-hydrogen) atoms. The van der Waals surface area contributed by atoms with Crippen molar-refractivity contribution in [2.24, 2.45) is 0 Å². The van der Waals surface area contributed by atoms with Gasteiger partial charge in [0.05, 0.1) is 0 Å². The van der Waals surface area contributed by atoms with Crippen molar-refractivity contribution in [1.82, 2.24) is 0 Å². The van der Waals surface area contributed by atoms with Crippen molar-refractivity contribution in [3.8, 4) is 0 Å². The van der Waals surface area contributed by atoms with E-state index in [0.717, 1.165) is 5.69 Å². The third-order valence-corrected chi connectivity index (χ3v) is 4.67. The molecule has 0 heterocycles. The van der Waals surface area contributed by atoms with E-state index in [1.165, 1.54) is 82.6 Å². The summed E-state index contributed by atoms with van der Waals surface area (Å²) in [6, 6.07) is 4.46. The molecule has 0 aromatic heterocycles. The lowest BCUT2D eigenvalue weighted by Crippen LogP contribution is -2.06. The quantitative estimate of drug-likeness (QED) is 0.214. The number of benzene rings is 1. The molecular weight excluding hydrogens is 393 g/mol. The van der Waals surface area contributed by atoms with Crippen LogP contribution in [0.15, 0.2) is 12.1 Å². The summed E-state index contributed by atoms with van der Waals surface area (Å²) >= 11 is 0. The molecule has 0 bridgehead atoms. The molecule has 0 saturated heterocycles. The summed E-state index contributed by atoms with van der Waals surface area (Å²) in [5, 5.41) is 0. The molecular formula is C21H38IN. The highest BCUT2D eigenvalue weighted by molar-refractivity contribution is 14.0. The fourth-order valence-corrected chi connectivity index (χ4v) is 3.27. The summed E-state index contributed by atoms with van der Waals surface area (Å²) < 4.78 is 0. The molecule has 0 saturated carbocycles. The number of nitrogen functional groups attached to an aromatic ring is 1. The van der Waals surface area contributed by atoms with Crippen LogP contribution in [0.1, 0.15) is 95.2 Å². The van der Waals surface area contributed by atoms with Crippen LogP contribution in [0.2, 0.25) is 0 Å². The van der Waals surface area contributed by atoms with Gasteiger partial charge in [-0.2, -0.15) is 0 Å². The van der Waals surface area contributed by atoms with Gasteiger partial charge in [0, 0.05) is 5.69 Å². The monoisotopic (exact) mass is 431 g/mol. The van der Waals surface area contributed by atoms with Gasteiger partial charge >= 0.3 is 0 Å². The molecule has 1 rings (SSSR count). The average Bonchev–Trinajstić information content (AvgIpc) is 2.52. The van der Waals surface area contributed by atoms with E-state index in [4.69, 9.17) is 5.73 Å². The standard InChI is InChI=1S/C21H37N.HI/c1-4-7-10-13-18-16-17-21(22)20(15-12-9-6-3)19(18)14-11-8-5-2;/h16-17H,4-15,22H2,1-3H3;1H. The van der Waals surface area contributed by atoms with Crippen LogP contribution in [-0.4, -0.2) is 0 Å². The number of hydrogen-bond acceptors (Lipinski definition) is 1. The molecule has 1 aromatic rings. The molecule has 0 unspecified atom stereocenters. The zero-order valence-corrected chi connectivity index (χ0v) is 18.0. The number of unbranched alkanes of at least 4 members (excludes halogenated alkanes) is 6. The predicted octanol–water partition coefficient (Wildman–Crippen LogP) is 7.08. The highest BCUT2D eigenvalue weighted by Crippen LogP contribution is 2.27. The molecule has 0 fully saturated rings. The van der Waals surface area contributed by atoms with E-state index in [1.807, 2.05) is 0 Å². The first-order valence-electron chi connectivity index (χ1n) is 9.63. The van der Waals surface area contributed by atoms with Gasteiger partial charge in [0.15, 0.2) is 0 Å². The third kappa shape index (κ3) is 8.42. The normalized spacial score (nSPS) is 10.6. The second kappa shape index (κ2) is 14.1. The van der Waals surface area contributed by atoms with Gasteiger partial charge in [-0.25, -0.2) is 0 Å². The lowest BCUT2D eigenvalue weighted by molar-refractivity contribution is 0.678. The summed E-state index contributed by atoms with van der Waals surface area (Å²) in [6.45, 7) is 6.83. The minimum Gasteiger partial charge on any atom is -0.398 e. The predicted molar refractivity (Wildman–Crippen MR) is 116 cm³/mol. The zero-order valence-electron chi connectivity index (χ0n) is 15.6. The molecule has 0 amide bonds. The van der Waals surface area contributed by atoms with Crippen molar-refractivity contribution in [3.05, 3.63) is 28.8 Å². The highest BCUT2D eigenvalue weighted by Gasteiger charge is 2.11. The van der Waals surface area contributed by atoms with Crippen LogP contribution in [-0.2, 0) is 19.3 Å². The summed E-state index contributed by atoms with van der Waals surface area (Å²) in [4.78, 5) is 0. The van der Waals surface area contributed by atoms with Crippen molar-refractivity contribution in [1.29, 1.82) is 0 Å². The van der Waals surface area contributed by atoms with E-state index in [1.54, 1.807) is 11.1 Å². The number of rotatable bonds is 12. The van der Waals surface area contributed by atoms with Crippen LogP contribution in [0.5, 0.6) is 0 Å². The maximum absolute atomic E-state index is 6.33. The van der Waals surface area contributed by atoms with Gasteiger partial charge < -0.3 is 5.73 Å². The van der Waals surface area contributed by atoms with E-state index < -0.39 is 0 Å². The summed E-state index contributed by atoms with van der Waals surface area (Å²) in [5.74, 6) is 0. The lowest BCUT2D eigenvalue weighted by Gasteiger charge is -2.17. The van der Waals surface area contributed by atoms with Crippen molar-refractivity contribution in [2.45, 2.75) is 97.8 Å². The Kier molecular flexibility index (Phi) is 14.0. The Morgan fingerprint density at radius 2 is 1.13 bits per heavy atom. The fraction of sp³-hybridized carbons (Fsp3) is 0.714. The molecule has 1 aromatic carbocycles. The minimum atomic E-state index is 0. The van der Waals surface area contributed by atoms with Gasteiger partial charge in [0.1, 0.15) is 0 Å². The van der Waals surface area contributed by atoms with Crippen molar-refractivity contribution in [2.75, 3.05) is 5.73 Å². The molecule has 134 valence electrons. The highest BCUT2D eigenvalue weighted by atomic mass is 127. The summed E-state index contributed by atoms with van der Waals surface area (Å²) in [5.41, 5.74) is 12.0. The molecule has 2 heteroatoms. The van der Waals surface area contributed by atoms with E-state index in [0.29, 0.717) is 0 Å². The first kappa shape index (κ1) is 22.8. The van der Waals surface area contributed by atoms with Crippen molar-refractivity contribution < 1.29 is 0 Å². The van der Waals surface area contributed by atoms with E-state index in [9.17, 15) is 0 Å². The number of nitrogens with two attached hydrogens (primary N) is 1. The minimum absolute atomic E-state index is 0. The maximum Gasteiger partial charge on any atom is 0.0349 e. The Morgan fingerprint density at radius 3 is 1.65 bits per heavy atom. The van der Waals surface area contributed by atoms with Gasteiger partial charge in [-0.15, -0.1) is 24.0 Å². The Balaban J connectivity index is 0.00000484. The van der Waals surface area contributed by atoms with Gasteiger partial charge in [0.25, 0.3) is 0 Å². The Hall–Kier alpha value is -0.250. The lowest BCUT2D eigenvalue weighted by atomic mass is 9.89. The van der Waals surface area contributed by atoms with Crippen LogP contribution < -0.4 is 5.73 Å². The van der Waals surface area contributed by atoms with E-state index in [-0.39, 0.29) is 24.0 Å². The van der Waals surface area contributed by atoms with Crippen LogP contribution in [0.3, 0.4) is 0 Å².